The molecule has 0 unspecified atom stereocenters. The van der Waals surface area contributed by atoms with Crippen LogP contribution in [-0.2, 0) is 26.9 Å². The van der Waals surface area contributed by atoms with Crippen LogP contribution in [0.25, 0.3) is 22.2 Å². The Labute approximate surface area is 189 Å². The summed E-state index contributed by atoms with van der Waals surface area (Å²) in [6.45, 7) is 0.427. The molecule has 3 aromatic rings. The number of fused-ring (bicyclic) bond motifs is 1. The van der Waals surface area contributed by atoms with Crippen molar-refractivity contribution in [1.82, 2.24) is 14.9 Å². The van der Waals surface area contributed by atoms with Gasteiger partial charge in [-0.3, -0.25) is 0 Å². The number of azo groups is 1. The zero-order valence-corrected chi connectivity index (χ0v) is 19.1. The monoisotopic (exact) mass is 488 g/mol. The highest BCUT2D eigenvalue weighted by Gasteiger charge is 2.39. The average Bonchev–Trinajstić information content (AvgIpc) is 3.33. The Morgan fingerprint density at radius 1 is 1.09 bits per heavy atom. The van der Waals surface area contributed by atoms with E-state index < -0.39 is 30.0 Å². The van der Waals surface area contributed by atoms with Crippen LogP contribution in [0.15, 0.2) is 55.3 Å². The molecule has 2 aliphatic rings. The molecule has 2 aromatic carbocycles. The third-order valence-electron chi connectivity index (χ3n) is 5.80. The van der Waals surface area contributed by atoms with Crippen LogP contribution in [0.4, 0.5) is 5.95 Å². The lowest BCUT2D eigenvalue weighted by atomic mass is 9.97. The lowest BCUT2D eigenvalue weighted by Gasteiger charge is -2.28. The van der Waals surface area contributed by atoms with E-state index in [2.05, 4.69) is 25.5 Å². The smallest absolute Gasteiger partial charge is 0.240 e. The van der Waals surface area contributed by atoms with E-state index >= 15 is 0 Å². The van der Waals surface area contributed by atoms with Crippen molar-refractivity contribution in [3.63, 3.8) is 0 Å². The number of para-hydroxylation sites is 1. The first kappa shape index (κ1) is 21.6. The second kappa shape index (κ2) is 7.41. The number of nitrogens with zero attached hydrogens (tertiary/aromatic N) is 5. The van der Waals surface area contributed by atoms with Crippen LogP contribution in [-0.4, -0.2) is 57.2 Å². The van der Waals surface area contributed by atoms with Crippen molar-refractivity contribution in [1.29, 1.82) is 0 Å². The number of anilines is 1. The van der Waals surface area contributed by atoms with Crippen LogP contribution >= 0.6 is 0 Å². The number of hydrogen-bond donors (Lipinski definition) is 3. The van der Waals surface area contributed by atoms with Crippen LogP contribution in [0, 0.1) is 0 Å². The molecular weight excluding hydrogens is 468 g/mol. The molecule has 0 radical (unpaired) electrons. The van der Waals surface area contributed by atoms with E-state index in [4.69, 9.17) is 10.9 Å². The van der Waals surface area contributed by atoms with Crippen molar-refractivity contribution in [2.45, 2.75) is 15.0 Å². The second-order valence-electron chi connectivity index (χ2n) is 7.75. The summed E-state index contributed by atoms with van der Waals surface area (Å²) >= 11 is 0. The van der Waals surface area contributed by atoms with Gasteiger partial charge in [0, 0.05) is 25.7 Å². The van der Waals surface area contributed by atoms with E-state index in [0.29, 0.717) is 22.2 Å². The Balaban J connectivity index is 1.90. The van der Waals surface area contributed by atoms with Gasteiger partial charge in [0.25, 0.3) is 0 Å². The summed E-state index contributed by atoms with van der Waals surface area (Å²) in [6.07, 6.45) is 0. The molecule has 12 nitrogen and oxygen atoms in total. The first-order valence-corrected chi connectivity index (χ1v) is 13.0. The van der Waals surface area contributed by atoms with Crippen molar-refractivity contribution < 1.29 is 16.8 Å². The molecule has 0 aliphatic carbocycles. The van der Waals surface area contributed by atoms with Gasteiger partial charge in [0.15, 0.2) is 22.3 Å². The number of aryl methyl sites for hydroxylation is 1. The van der Waals surface area contributed by atoms with Gasteiger partial charge in [-0.15, -0.1) is 5.11 Å². The van der Waals surface area contributed by atoms with Gasteiger partial charge < -0.3 is 15.6 Å². The highest BCUT2D eigenvalue weighted by molar-refractivity contribution is 7.94. The first-order valence-electron chi connectivity index (χ1n) is 9.88. The topological polar surface area (TPSA) is 187 Å². The normalized spacial score (nSPS) is 16.8. The molecule has 5 N–H and O–H groups in total. The second-order valence-corrected chi connectivity index (χ2v) is 11.4. The number of amidine groups is 1. The highest BCUT2D eigenvalue weighted by Crippen LogP contribution is 2.39. The number of nitrogens with two attached hydrogens (primary N) is 2. The fourth-order valence-electron chi connectivity index (χ4n) is 3.99. The zero-order chi connectivity index (χ0) is 23.5. The van der Waals surface area contributed by atoms with Crippen molar-refractivity contribution in [2.24, 2.45) is 27.4 Å². The number of sulfonamides is 1. The van der Waals surface area contributed by atoms with Crippen LogP contribution < -0.4 is 16.2 Å². The molecular formula is C19H20N8O4S2. The lowest BCUT2D eigenvalue weighted by Crippen LogP contribution is -2.51. The van der Waals surface area contributed by atoms with Gasteiger partial charge >= 0.3 is 0 Å². The van der Waals surface area contributed by atoms with Crippen molar-refractivity contribution >= 4 is 42.7 Å². The van der Waals surface area contributed by atoms with Gasteiger partial charge in [0.1, 0.15) is 4.90 Å². The van der Waals surface area contributed by atoms with Crippen molar-refractivity contribution in [3.8, 4) is 11.1 Å². The molecule has 3 heterocycles. The first-order chi connectivity index (χ1) is 15.6. The molecule has 1 aromatic heterocycles. The van der Waals surface area contributed by atoms with Gasteiger partial charge in [-0.2, -0.15) is 5.11 Å². The number of rotatable bonds is 5. The van der Waals surface area contributed by atoms with Gasteiger partial charge in [0.2, 0.25) is 16.0 Å². The Bertz CT molecular complexity index is 1590. The minimum atomic E-state index is -4.52. The fourth-order valence-corrected chi connectivity index (χ4v) is 7.17. The SMILES string of the molecule is Cn1c(N)nc2c(-c3ccc(S(=O)(=O)C4CNC4)c(S(N)(=O)=O)c3C3=NCN=N3)cccc21. The molecule has 2 aliphatic heterocycles. The number of imidazole rings is 1. The summed E-state index contributed by atoms with van der Waals surface area (Å²) in [5.74, 6) is 0.249. The van der Waals surface area contributed by atoms with E-state index in [1.165, 1.54) is 12.1 Å². The maximum absolute atomic E-state index is 13.3. The van der Waals surface area contributed by atoms with Crippen LogP contribution in [0.1, 0.15) is 5.56 Å². The predicted molar refractivity (Wildman–Crippen MR) is 122 cm³/mol. The number of hydrogen-bond acceptors (Lipinski definition) is 10. The Morgan fingerprint density at radius 2 is 1.85 bits per heavy atom. The van der Waals surface area contributed by atoms with Gasteiger partial charge in [-0.05, 0) is 17.7 Å². The van der Waals surface area contributed by atoms with Gasteiger partial charge in [0.05, 0.1) is 26.7 Å². The molecule has 1 fully saturated rings. The minimum Gasteiger partial charge on any atom is -0.369 e. The van der Waals surface area contributed by atoms with Gasteiger partial charge in [-0.25, -0.2) is 32.0 Å². The molecule has 172 valence electrons. The average molecular weight is 489 g/mol. The molecule has 0 saturated carbocycles. The molecule has 1 saturated heterocycles. The molecule has 33 heavy (non-hydrogen) atoms. The number of aliphatic imine (C=N–C) groups is 1. The maximum Gasteiger partial charge on any atom is 0.240 e. The third-order valence-corrected chi connectivity index (χ3v) is 9.09. The summed E-state index contributed by atoms with van der Waals surface area (Å²) in [5.41, 5.74) is 8.06. The summed E-state index contributed by atoms with van der Waals surface area (Å²) in [6, 6.07) is 8.11. The Hall–Kier alpha value is -3.20. The summed E-state index contributed by atoms with van der Waals surface area (Å²) in [4.78, 5) is 7.66. The third kappa shape index (κ3) is 3.33. The molecule has 0 atom stereocenters. The van der Waals surface area contributed by atoms with E-state index in [1.54, 1.807) is 23.7 Å². The summed E-state index contributed by atoms with van der Waals surface area (Å²) < 4.78 is 53.9. The predicted octanol–water partition coefficient (Wildman–Crippen LogP) is 0.385. The summed E-state index contributed by atoms with van der Waals surface area (Å²) in [5, 5.41) is 15.5. The quantitative estimate of drug-likeness (QED) is 0.463. The zero-order valence-electron chi connectivity index (χ0n) is 17.4. The number of benzene rings is 2. The minimum absolute atomic E-state index is 0.0108. The molecule has 5 rings (SSSR count). The summed E-state index contributed by atoms with van der Waals surface area (Å²) in [7, 11) is -6.77. The largest absolute Gasteiger partial charge is 0.369 e. The highest BCUT2D eigenvalue weighted by atomic mass is 32.2. The van der Waals surface area contributed by atoms with E-state index in [9.17, 15) is 16.8 Å². The van der Waals surface area contributed by atoms with E-state index in [0.717, 1.165) is 0 Å². The van der Waals surface area contributed by atoms with E-state index in [-0.39, 0.29) is 42.0 Å². The van der Waals surface area contributed by atoms with Crippen molar-refractivity contribution in [2.75, 3.05) is 25.5 Å². The molecule has 0 amide bonds. The van der Waals surface area contributed by atoms with Crippen LogP contribution in [0.5, 0.6) is 0 Å². The molecule has 0 spiro atoms. The number of sulfone groups is 1. The fraction of sp³-hybridized carbons (Fsp3) is 0.263. The number of aromatic nitrogens is 2. The maximum atomic E-state index is 13.3. The standard InChI is InChI=1S/C19H20N8O4S2/c1-27-13-4-2-3-12(16(13)25-19(27)20)11-5-6-14(32(28,29)10-7-22-8-10)17(33(21,30)31)15(11)18-23-9-24-26-18/h2-6,10,22H,7-9H2,1H3,(H2,20,25)(H2,21,30,31). The number of nitrogens with one attached hydrogen (secondary N) is 1. The Kier molecular flexibility index (Phi) is 4.86. The van der Waals surface area contributed by atoms with Crippen molar-refractivity contribution in [3.05, 3.63) is 35.9 Å². The van der Waals surface area contributed by atoms with Crippen LogP contribution in [0.3, 0.4) is 0 Å². The Morgan fingerprint density at radius 3 is 2.45 bits per heavy atom. The van der Waals surface area contributed by atoms with Gasteiger partial charge in [-0.1, -0.05) is 18.2 Å². The van der Waals surface area contributed by atoms with E-state index in [1.807, 2.05) is 6.07 Å². The molecule has 14 heteroatoms. The lowest BCUT2D eigenvalue weighted by molar-refractivity contribution is 0.493. The number of primary sulfonamides is 1. The van der Waals surface area contributed by atoms with Crippen LogP contribution in [0.2, 0.25) is 0 Å². The number of nitrogen functional groups attached to an aromatic ring is 1. The molecule has 0 bridgehead atoms.